The molecule has 0 aliphatic carbocycles. The van der Waals surface area contributed by atoms with Crippen LogP contribution >= 0.6 is 15.9 Å². The van der Waals surface area contributed by atoms with Crippen LogP contribution in [0, 0.1) is 12.8 Å². The Morgan fingerprint density at radius 1 is 1.22 bits per heavy atom. The summed E-state index contributed by atoms with van der Waals surface area (Å²) in [6, 6.07) is 11.0. The van der Waals surface area contributed by atoms with Gasteiger partial charge in [-0.25, -0.2) is 0 Å². The minimum atomic E-state index is -0.381. The van der Waals surface area contributed by atoms with E-state index in [1.54, 1.807) is 29.2 Å². The molecule has 2 fully saturated rings. The molecule has 0 radical (unpaired) electrons. The first-order chi connectivity index (χ1) is 17.3. The highest BCUT2D eigenvalue weighted by molar-refractivity contribution is 9.10. The summed E-state index contributed by atoms with van der Waals surface area (Å²) < 4.78 is 12.2. The van der Waals surface area contributed by atoms with Gasteiger partial charge in [0.25, 0.3) is 5.91 Å². The van der Waals surface area contributed by atoms with Crippen LogP contribution in [0.25, 0.3) is 0 Å². The summed E-state index contributed by atoms with van der Waals surface area (Å²) in [4.78, 5) is 39.2. The molecule has 4 rings (SSSR count). The zero-order valence-corrected chi connectivity index (χ0v) is 22.2. The molecule has 2 aliphatic heterocycles. The van der Waals surface area contributed by atoms with E-state index in [0.29, 0.717) is 24.5 Å². The highest BCUT2D eigenvalue weighted by Gasteiger charge is 2.35. The molecule has 2 aliphatic rings. The first kappa shape index (κ1) is 26.2. The number of nitrogens with one attached hydrogen (secondary N) is 2. The maximum absolute atomic E-state index is 12.6. The van der Waals surface area contributed by atoms with E-state index in [4.69, 9.17) is 9.47 Å². The Labute approximate surface area is 219 Å². The third-order valence-corrected chi connectivity index (χ3v) is 7.03. The Balaban J connectivity index is 1.28. The maximum atomic E-state index is 12.6. The summed E-state index contributed by atoms with van der Waals surface area (Å²) >= 11 is 3.49. The number of carbonyl (C=O) groups excluding carboxylic acids is 3. The van der Waals surface area contributed by atoms with E-state index in [0.717, 1.165) is 47.2 Å². The van der Waals surface area contributed by atoms with Gasteiger partial charge in [-0.1, -0.05) is 22.9 Å². The highest BCUT2D eigenvalue weighted by atomic mass is 79.9. The Morgan fingerprint density at radius 2 is 2.00 bits per heavy atom. The average Bonchev–Trinajstić information content (AvgIpc) is 3.53. The molecule has 0 bridgehead atoms. The summed E-state index contributed by atoms with van der Waals surface area (Å²) in [7, 11) is 0. The summed E-state index contributed by atoms with van der Waals surface area (Å²) in [5.41, 5.74) is 3.54. The van der Waals surface area contributed by atoms with Crippen molar-refractivity contribution in [2.75, 3.05) is 36.5 Å². The fourth-order valence-electron chi connectivity index (χ4n) is 4.61. The van der Waals surface area contributed by atoms with Crippen molar-refractivity contribution < 1.29 is 23.9 Å². The molecular weight excluding hydrogens is 526 g/mol. The molecule has 9 heteroatoms. The predicted octanol–water partition coefficient (Wildman–Crippen LogP) is 3.99. The van der Waals surface area contributed by atoms with Crippen LogP contribution in [0.15, 0.2) is 40.9 Å². The van der Waals surface area contributed by atoms with Crippen molar-refractivity contribution >= 4 is 45.0 Å². The average molecular weight is 558 g/mol. The zero-order valence-electron chi connectivity index (χ0n) is 20.6. The molecule has 2 aromatic carbocycles. The molecule has 2 atom stereocenters. The van der Waals surface area contributed by atoms with Gasteiger partial charge in [0.15, 0.2) is 6.61 Å². The van der Waals surface area contributed by atoms with Gasteiger partial charge in [0.05, 0.1) is 12.0 Å². The molecular formula is C27H32BrN3O5. The van der Waals surface area contributed by atoms with Crippen molar-refractivity contribution in [1.29, 1.82) is 0 Å². The van der Waals surface area contributed by atoms with Gasteiger partial charge in [0.1, 0.15) is 5.75 Å². The number of rotatable bonds is 9. The Hall–Kier alpha value is -2.91. The third-order valence-electron chi connectivity index (χ3n) is 6.57. The van der Waals surface area contributed by atoms with Gasteiger partial charge in [0.2, 0.25) is 11.8 Å². The van der Waals surface area contributed by atoms with Crippen molar-refractivity contribution in [3.05, 3.63) is 52.0 Å². The van der Waals surface area contributed by atoms with E-state index in [1.165, 1.54) is 0 Å². The number of ether oxygens (including phenoxy) is 2. The molecule has 36 heavy (non-hydrogen) atoms. The number of aryl methyl sites for hydroxylation is 2. The number of anilines is 2. The molecule has 8 nitrogen and oxygen atoms in total. The van der Waals surface area contributed by atoms with Crippen molar-refractivity contribution in [2.45, 2.75) is 45.6 Å². The van der Waals surface area contributed by atoms with Crippen LogP contribution in [-0.2, 0) is 25.5 Å². The zero-order chi connectivity index (χ0) is 25.7. The van der Waals surface area contributed by atoms with Crippen LogP contribution in [0.1, 0.15) is 37.3 Å². The van der Waals surface area contributed by atoms with E-state index >= 15 is 0 Å². The quantitative estimate of drug-likeness (QED) is 0.486. The van der Waals surface area contributed by atoms with Gasteiger partial charge in [-0.05, 0) is 73.7 Å². The van der Waals surface area contributed by atoms with E-state index in [9.17, 15) is 14.4 Å². The standard InChI is InChI=1S/C27H32BrN3O5/c1-3-18-12-20(28)11-17(2)26(18)30-24(32)16-36-22-8-6-21(7-9-22)31-15-19(13-25(31)33)27(34)29-14-23-5-4-10-35-23/h6-9,11-12,19,23H,3-5,10,13-16H2,1-2H3,(H,29,34)(H,30,32)/t19-,23-/m0/s1. The van der Waals surface area contributed by atoms with Gasteiger partial charge in [0, 0.05) is 42.0 Å². The van der Waals surface area contributed by atoms with Gasteiger partial charge in [-0.3, -0.25) is 14.4 Å². The third kappa shape index (κ3) is 6.44. The summed E-state index contributed by atoms with van der Waals surface area (Å²) in [6.07, 6.45) is 3.03. The van der Waals surface area contributed by atoms with Gasteiger partial charge >= 0.3 is 0 Å². The van der Waals surface area contributed by atoms with E-state index in [2.05, 4.69) is 26.6 Å². The minimum absolute atomic E-state index is 0.0735. The first-order valence-electron chi connectivity index (χ1n) is 12.4. The van der Waals surface area contributed by atoms with Crippen LogP contribution in [-0.4, -0.2) is 50.1 Å². The van der Waals surface area contributed by atoms with Gasteiger partial charge in [-0.2, -0.15) is 0 Å². The largest absolute Gasteiger partial charge is 0.484 e. The molecule has 2 aromatic rings. The molecule has 0 unspecified atom stereocenters. The molecule has 2 saturated heterocycles. The topological polar surface area (TPSA) is 97.0 Å². The Kier molecular flexibility index (Phi) is 8.64. The molecule has 0 aromatic heterocycles. The summed E-state index contributed by atoms with van der Waals surface area (Å²) in [5, 5.41) is 5.87. The molecule has 2 heterocycles. The lowest BCUT2D eigenvalue weighted by Gasteiger charge is -2.18. The number of halogens is 1. The van der Waals surface area contributed by atoms with Crippen molar-refractivity contribution in [2.24, 2.45) is 5.92 Å². The molecule has 3 amide bonds. The van der Waals surface area contributed by atoms with Crippen molar-refractivity contribution in [1.82, 2.24) is 5.32 Å². The van der Waals surface area contributed by atoms with Crippen LogP contribution < -0.4 is 20.3 Å². The second kappa shape index (κ2) is 11.9. The minimum Gasteiger partial charge on any atom is -0.484 e. The van der Waals surface area contributed by atoms with E-state index < -0.39 is 0 Å². The molecule has 192 valence electrons. The molecule has 2 N–H and O–H groups in total. The monoisotopic (exact) mass is 557 g/mol. The molecule has 0 spiro atoms. The number of hydrogen-bond acceptors (Lipinski definition) is 5. The lowest BCUT2D eigenvalue weighted by Crippen LogP contribution is -2.37. The van der Waals surface area contributed by atoms with Gasteiger partial charge in [-0.15, -0.1) is 0 Å². The van der Waals surface area contributed by atoms with Crippen molar-refractivity contribution in [3.8, 4) is 5.75 Å². The normalized spacial score (nSPS) is 19.4. The van der Waals surface area contributed by atoms with Gasteiger partial charge < -0.3 is 25.0 Å². The smallest absolute Gasteiger partial charge is 0.262 e. The fourth-order valence-corrected chi connectivity index (χ4v) is 5.23. The van der Waals surface area contributed by atoms with E-state index in [-0.39, 0.29) is 42.8 Å². The lowest BCUT2D eigenvalue weighted by atomic mass is 10.1. The summed E-state index contributed by atoms with van der Waals surface area (Å²) in [5.74, 6) is -0.300. The number of benzene rings is 2. The Morgan fingerprint density at radius 3 is 2.69 bits per heavy atom. The van der Waals surface area contributed by atoms with Crippen molar-refractivity contribution in [3.63, 3.8) is 0 Å². The second-order valence-electron chi connectivity index (χ2n) is 9.23. The number of hydrogen-bond donors (Lipinski definition) is 2. The summed E-state index contributed by atoms with van der Waals surface area (Å²) in [6.45, 7) is 5.44. The second-order valence-corrected chi connectivity index (χ2v) is 10.1. The van der Waals surface area contributed by atoms with Crippen LogP contribution in [0.5, 0.6) is 5.75 Å². The van der Waals surface area contributed by atoms with Crippen LogP contribution in [0.2, 0.25) is 0 Å². The Bertz CT molecular complexity index is 1120. The lowest BCUT2D eigenvalue weighted by molar-refractivity contribution is -0.126. The number of amides is 3. The fraction of sp³-hybridized carbons (Fsp3) is 0.444. The number of nitrogens with zero attached hydrogens (tertiary/aromatic N) is 1. The number of carbonyl (C=O) groups is 3. The van der Waals surface area contributed by atoms with Crippen LogP contribution in [0.3, 0.4) is 0 Å². The molecule has 0 saturated carbocycles. The predicted molar refractivity (Wildman–Crippen MR) is 141 cm³/mol. The first-order valence-corrected chi connectivity index (χ1v) is 13.1. The highest BCUT2D eigenvalue weighted by Crippen LogP contribution is 2.28. The SMILES string of the molecule is CCc1cc(Br)cc(C)c1NC(=O)COc1ccc(N2C[C@@H](C(=O)NC[C@@H]3CCCO3)CC2=O)cc1. The van der Waals surface area contributed by atoms with E-state index in [1.807, 2.05) is 26.0 Å². The maximum Gasteiger partial charge on any atom is 0.262 e. The van der Waals surface area contributed by atoms with Crippen LogP contribution in [0.4, 0.5) is 11.4 Å².